The summed E-state index contributed by atoms with van der Waals surface area (Å²) in [5.74, 6) is 0.470. The first-order valence-electron chi connectivity index (χ1n) is 6.99. The molecule has 1 amide bonds. The molecule has 0 bridgehead atoms. The Kier molecular flexibility index (Phi) is 2.66. The van der Waals surface area contributed by atoms with Gasteiger partial charge in [-0.3, -0.25) is 9.89 Å². The van der Waals surface area contributed by atoms with Crippen LogP contribution in [-0.4, -0.2) is 16.1 Å². The van der Waals surface area contributed by atoms with E-state index in [4.69, 9.17) is 4.42 Å². The molecule has 2 N–H and O–H groups in total. The van der Waals surface area contributed by atoms with Crippen LogP contribution in [0.4, 0.5) is 5.82 Å². The summed E-state index contributed by atoms with van der Waals surface area (Å²) in [7, 11) is 0. The van der Waals surface area contributed by atoms with E-state index in [1.807, 2.05) is 25.1 Å². The number of hydrogen-bond acceptors (Lipinski definition) is 4. The van der Waals surface area contributed by atoms with Gasteiger partial charge >= 0.3 is 5.63 Å². The smallest absolute Gasteiger partial charge is 0.336 e. The number of carbonyl (C=O) groups is 1. The largest absolute Gasteiger partial charge is 0.423 e. The summed E-state index contributed by atoms with van der Waals surface area (Å²) in [6.45, 7) is 1.88. The van der Waals surface area contributed by atoms with Gasteiger partial charge < -0.3 is 9.73 Å². The van der Waals surface area contributed by atoms with Crippen molar-refractivity contribution in [3.63, 3.8) is 0 Å². The summed E-state index contributed by atoms with van der Waals surface area (Å²) in [6, 6.07) is 7.21. The normalized spacial score (nSPS) is 17.3. The van der Waals surface area contributed by atoms with Crippen LogP contribution >= 0.6 is 0 Å². The Hall–Kier alpha value is -2.89. The highest BCUT2D eigenvalue weighted by Crippen LogP contribution is 2.36. The highest BCUT2D eigenvalue weighted by atomic mass is 16.4. The number of rotatable bonds is 1. The molecule has 1 aliphatic heterocycles. The Morgan fingerprint density at radius 3 is 3.00 bits per heavy atom. The van der Waals surface area contributed by atoms with Crippen LogP contribution in [0.2, 0.25) is 0 Å². The van der Waals surface area contributed by atoms with E-state index in [0.29, 0.717) is 17.8 Å². The van der Waals surface area contributed by atoms with Gasteiger partial charge in [0.2, 0.25) is 5.91 Å². The molecule has 110 valence electrons. The van der Waals surface area contributed by atoms with Crippen molar-refractivity contribution in [3.05, 3.63) is 57.6 Å². The third kappa shape index (κ3) is 1.92. The molecule has 0 aliphatic carbocycles. The summed E-state index contributed by atoms with van der Waals surface area (Å²) in [5.41, 5.74) is 2.92. The van der Waals surface area contributed by atoms with Gasteiger partial charge in [-0.2, -0.15) is 5.10 Å². The summed E-state index contributed by atoms with van der Waals surface area (Å²) in [5, 5.41) is 10.4. The second-order valence-corrected chi connectivity index (χ2v) is 5.51. The first-order chi connectivity index (χ1) is 10.6. The molecule has 4 rings (SSSR count). The third-order valence-electron chi connectivity index (χ3n) is 4.08. The van der Waals surface area contributed by atoms with E-state index in [2.05, 4.69) is 15.5 Å². The van der Waals surface area contributed by atoms with Gasteiger partial charge in [0.05, 0.1) is 6.20 Å². The first kappa shape index (κ1) is 12.8. The van der Waals surface area contributed by atoms with E-state index in [9.17, 15) is 9.59 Å². The number of hydrogen-bond donors (Lipinski definition) is 2. The van der Waals surface area contributed by atoms with Crippen LogP contribution in [0.3, 0.4) is 0 Å². The number of aryl methyl sites for hydroxylation is 1. The molecule has 1 aromatic carbocycles. The number of fused-ring (bicyclic) bond motifs is 2. The Morgan fingerprint density at radius 2 is 2.14 bits per heavy atom. The number of aromatic amines is 1. The number of aromatic nitrogens is 2. The molecule has 1 atom stereocenters. The summed E-state index contributed by atoms with van der Waals surface area (Å²) in [6.07, 6.45) is 2.06. The molecular formula is C16H13N3O3. The molecule has 3 heterocycles. The van der Waals surface area contributed by atoms with E-state index < -0.39 is 0 Å². The van der Waals surface area contributed by atoms with E-state index in [-0.39, 0.29) is 17.5 Å². The lowest BCUT2D eigenvalue weighted by Crippen LogP contribution is -2.22. The number of benzene rings is 1. The van der Waals surface area contributed by atoms with Crippen LogP contribution in [0.5, 0.6) is 0 Å². The van der Waals surface area contributed by atoms with Crippen molar-refractivity contribution in [2.45, 2.75) is 19.3 Å². The van der Waals surface area contributed by atoms with Gasteiger partial charge in [0.25, 0.3) is 0 Å². The molecule has 3 aromatic rings. The van der Waals surface area contributed by atoms with Gasteiger partial charge in [-0.1, -0.05) is 12.1 Å². The molecule has 0 saturated carbocycles. The number of nitrogens with one attached hydrogen (secondary N) is 2. The zero-order chi connectivity index (χ0) is 15.3. The topological polar surface area (TPSA) is 88.0 Å². The minimum Gasteiger partial charge on any atom is -0.423 e. The van der Waals surface area contributed by atoms with E-state index in [1.54, 1.807) is 6.20 Å². The zero-order valence-electron chi connectivity index (χ0n) is 11.8. The van der Waals surface area contributed by atoms with Crippen LogP contribution in [0.25, 0.3) is 11.0 Å². The second-order valence-electron chi connectivity index (χ2n) is 5.51. The minimum absolute atomic E-state index is 0.0625. The summed E-state index contributed by atoms with van der Waals surface area (Å²) in [4.78, 5) is 23.4. The standard InChI is InChI=1S/C16H13N3O3/c1-8-4-15(21)22-13-5-9(2-3-10(8)13)11-6-14(20)18-16-12(11)7-17-19-16/h2-5,7,11H,6H2,1H3,(H2,17,18,19,20). The molecule has 0 radical (unpaired) electrons. The fourth-order valence-corrected chi connectivity index (χ4v) is 3.00. The zero-order valence-corrected chi connectivity index (χ0v) is 11.8. The van der Waals surface area contributed by atoms with Gasteiger partial charge in [-0.05, 0) is 24.1 Å². The number of anilines is 1. The van der Waals surface area contributed by atoms with Crippen LogP contribution < -0.4 is 10.9 Å². The van der Waals surface area contributed by atoms with Crippen LogP contribution in [-0.2, 0) is 4.79 Å². The molecule has 1 aliphatic rings. The fraction of sp³-hybridized carbons (Fsp3) is 0.188. The van der Waals surface area contributed by atoms with Crippen molar-refractivity contribution >= 4 is 22.7 Å². The van der Waals surface area contributed by atoms with Crippen molar-refractivity contribution in [2.75, 3.05) is 5.32 Å². The van der Waals surface area contributed by atoms with Gasteiger partial charge in [0.1, 0.15) is 11.4 Å². The van der Waals surface area contributed by atoms with Crippen molar-refractivity contribution in [2.24, 2.45) is 0 Å². The SMILES string of the molecule is Cc1cc(=O)oc2cc(C3CC(=O)Nc4[nH]ncc43)ccc12. The molecule has 6 nitrogen and oxygen atoms in total. The van der Waals surface area contributed by atoms with Gasteiger partial charge in [-0.15, -0.1) is 0 Å². The maximum atomic E-state index is 11.8. The quantitative estimate of drug-likeness (QED) is 0.674. The van der Waals surface area contributed by atoms with Crippen molar-refractivity contribution < 1.29 is 9.21 Å². The first-order valence-corrected chi connectivity index (χ1v) is 6.99. The number of H-pyrrole nitrogens is 1. The highest BCUT2D eigenvalue weighted by Gasteiger charge is 2.28. The molecule has 0 spiro atoms. The molecule has 6 heteroatoms. The Labute approximate surface area is 125 Å². The van der Waals surface area contributed by atoms with E-state index >= 15 is 0 Å². The second kappa shape index (κ2) is 4.56. The molecule has 1 unspecified atom stereocenters. The van der Waals surface area contributed by atoms with Gasteiger partial charge in [-0.25, -0.2) is 4.79 Å². The van der Waals surface area contributed by atoms with E-state index in [0.717, 1.165) is 22.1 Å². The maximum absolute atomic E-state index is 11.8. The lowest BCUT2D eigenvalue weighted by molar-refractivity contribution is -0.116. The van der Waals surface area contributed by atoms with Crippen LogP contribution in [0.1, 0.15) is 29.0 Å². The van der Waals surface area contributed by atoms with Crippen LogP contribution in [0.15, 0.2) is 39.7 Å². The Bertz CT molecular complexity index is 955. The molecule has 0 fully saturated rings. The average molecular weight is 295 g/mol. The predicted octanol–water partition coefficient (Wildman–Crippen LogP) is 2.30. The summed E-state index contributed by atoms with van der Waals surface area (Å²) < 4.78 is 5.29. The monoisotopic (exact) mass is 295 g/mol. The minimum atomic E-state index is -0.368. The summed E-state index contributed by atoms with van der Waals surface area (Å²) >= 11 is 0. The number of carbonyl (C=O) groups excluding carboxylic acids is 1. The molecule has 2 aromatic heterocycles. The number of amides is 1. The van der Waals surface area contributed by atoms with Crippen molar-refractivity contribution in [3.8, 4) is 0 Å². The molecular weight excluding hydrogens is 282 g/mol. The maximum Gasteiger partial charge on any atom is 0.336 e. The molecule has 0 saturated heterocycles. The Balaban J connectivity index is 1.89. The van der Waals surface area contributed by atoms with Gasteiger partial charge in [0, 0.05) is 29.4 Å². The predicted molar refractivity (Wildman–Crippen MR) is 80.9 cm³/mol. The molecule has 22 heavy (non-hydrogen) atoms. The fourth-order valence-electron chi connectivity index (χ4n) is 3.00. The van der Waals surface area contributed by atoms with Crippen molar-refractivity contribution in [1.29, 1.82) is 0 Å². The van der Waals surface area contributed by atoms with Crippen molar-refractivity contribution in [1.82, 2.24) is 10.2 Å². The average Bonchev–Trinajstić information content (AvgIpc) is 2.93. The lowest BCUT2D eigenvalue weighted by atomic mass is 9.87. The third-order valence-corrected chi connectivity index (χ3v) is 4.08. The van der Waals surface area contributed by atoms with Gasteiger partial charge in [0.15, 0.2) is 0 Å². The lowest BCUT2D eigenvalue weighted by Gasteiger charge is -2.22. The van der Waals surface area contributed by atoms with Crippen LogP contribution in [0, 0.1) is 6.92 Å². The highest BCUT2D eigenvalue weighted by molar-refractivity contribution is 5.94. The Morgan fingerprint density at radius 1 is 1.27 bits per heavy atom. The van der Waals surface area contributed by atoms with E-state index in [1.165, 1.54) is 6.07 Å². The number of nitrogens with zero attached hydrogens (tertiary/aromatic N) is 1.